The monoisotopic (exact) mass is 223 g/mol. The lowest BCUT2D eigenvalue weighted by molar-refractivity contribution is 0.301. The van der Waals surface area contributed by atoms with Crippen LogP contribution in [-0.4, -0.2) is 29.8 Å². The minimum Gasteiger partial charge on any atom is -0.395 e. The van der Waals surface area contributed by atoms with Gasteiger partial charge in [-0.05, 0) is 30.5 Å². The van der Waals surface area contributed by atoms with Crippen molar-refractivity contribution >= 4 is 5.82 Å². The molecule has 3 N–H and O–H groups in total. The molecule has 1 aromatic rings. The maximum Gasteiger partial charge on any atom is 0.131 e. The predicted molar refractivity (Wildman–Crippen MR) is 66.5 cm³/mol. The topological polar surface area (TPSA) is 62.4 Å². The van der Waals surface area contributed by atoms with E-state index in [1.807, 2.05) is 13.1 Å². The van der Waals surface area contributed by atoms with Crippen LogP contribution in [0, 0.1) is 6.92 Å². The molecular formula is C12H21N3O. The molecule has 0 aliphatic rings. The zero-order valence-corrected chi connectivity index (χ0v) is 10.1. The van der Waals surface area contributed by atoms with Crippen molar-refractivity contribution in [3.63, 3.8) is 0 Å². The summed E-state index contributed by atoms with van der Waals surface area (Å²) in [4.78, 5) is 6.53. The zero-order valence-electron chi connectivity index (χ0n) is 10.1. The number of rotatable bonds is 6. The summed E-state index contributed by atoms with van der Waals surface area (Å²) in [5, 5.41) is 9.03. The molecule has 1 aromatic heterocycles. The Morgan fingerprint density at radius 2 is 2.19 bits per heavy atom. The number of aryl methyl sites for hydroxylation is 1. The molecule has 90 valence electrons. The molecule has 0 radical (unpaired) electrons. The number of nitrogens with zero attached hydrogens (tertiary/aromatic N) is 2. The number of hydrogen-bond donors (Lipinski definition) is 2. The highest BCUT2D eigenvalue weighted by Crippen LogP contribution is 2.17. The van der Waals surface area contributed by atoms with E-state index in [1.165, 1.54) is 0 Å². The third kappa shape index (κ3) is 3.18. The fourth-order valence-electron chi connectivity index (χ4n) is 1.78. The first-order chi connectivity index (χ1) is 7.72. The number of aliphatic hydroxyl groups is 1. The van der Waals surface area contributed by atoms with Crippen molar-refractivity contribution in [2.24, 2.45) is 5.73 Å². The summed E-state index contributed by atoms with van der Waals surface area (Å²) >= 11 is 0. The molecule has 1 rings (SSSR count). The van der Waals surface area contributed by atoms with Gasteiger partial charge in [0.2, 0.25) is 0 Å². The van der Waals surface area contributed by atoms with E-state index < -0.39 is 0 Å². The fraction of sp³-hybridized carbons (Fsp3) is 0.583. The first-order valence-corrected chi connectivity index (χ1v) is 5.74. The Hall–Kier alpha value is -1.13. The SMILES string of the molecule is CCCN(CCO)c1ncc(CN)cc1C. The summed E-state index contributed by atoms with van der Waals surface area (Å²) in [6, 6.07) is 2.06. The van der Waals surface area contributed by atoms with Gasteiger partial charge in [-0.3, -0.25) is 0 Å². The average Bonchev–Trinajstić information content (AvgIpc) is 2.29. The summed E-state index contributed by atoms with van der Waals surface area (Å²) in [6.45, 7) is 6.36. The van der Waals surface area contributed by atoms with Crippen molar-refractivity contribution < 1.29 is 5.11 Å². The molecule has 0 spiro atoms. The van der Waals surface area contributed by atoms with Gasteiger partial charge in [0, 0.05) is 25.8 Å². The van der Waals surface area contributed by atoms with E-state index >= 15 is 0 Å². The van der Waals surface area contributed by atoms with Gasteiger partial charge in [0.25, 0.3) is 0 Å². The van der Waals surface area contributed by atoms with E-state index in [0.717, 1.165) is 29.9 Å². The van der Waals surface area contributed by atoms with Gasteiger partial charge in [-0.1, -0.05) is 6.92 Å². The lowest BCUT2D eigenvalue weighted by Crippen LogP contribution is -2.29. The van der Waals surface area contributed by atoms with E-state index in [4.69, 9.17) is 10.8 Å². The number of aliphatic hydroxyl groups excluding tert-OH is 1. The van der Waals surface area contributed by atoms with Crippen molar-refractivity contribution in [1.82, 2.24) is 4.98 Å². The molecule has 0 unspecified atom stereocenters. The highest BCUT2D eigenvalue weighted by Gasteiger charge is 2.09. The quantitative estimate of drug-likeness (QED) is 0.757. The van der Waals surface area contributed by atoms with Crippen molar-refractivity contribution in [3.8, 4) is 0 Å². The average molecular weight is 223 g/mol. The Kier molecular flexibility index (Phi) is 5.22. The van der Waals surface area contributed by atoms with Crippen LogP contribution in [-0.2, 0) is 6.54 Å². The second kappa shape index (κ2) is 6.45. The molecule has 0 aromatic carbocycles. The molecule has 0 saturated heterocycles. The van der Waals surface area contributed by atoms with Crippen LogP contribution < -0.4 is 10.6 Å². The summed E-state index contributed by atoms with van der Waals surface area (Å²) in [7, 11) is 0. The van der Waals surface area contributed by atoms with E-state index in [2.05, 4.69) is 22.9 Å². The van der Waals surface area contributed by atoms with Crippen molar-refractivity contribution in [2.45, 2.75) is 26.8 Å². The van der Waals surface area contributed by atoms with Crippen LogP contribution in [0.25, 0.3) is 0 Å². The summed E-state index contributed by atoms with van der Waals surface area (Å²) in [6.07, 6.45) is 2.85. The Morgan fingerprint density at radius 3 is 2.69 bits per heavy atom. The highest BCUT2D eigenvalue weighted by molar-refractivity contribution is 5.47. The Morgan fingerprint density at radius 1 is 1.44 bits per heavy atom. The summed E-state index contributed by atoms with van der Waals surface area (Å²) in [5.41, 5.74) is 7.73. The van der Waals surface area contributed by atoms with Gasteiger partial charge < -0.3 is 15.7 Å². The molecule has 1 heterocycles. The second-order valence-corrected chi connectivity index (χ2v) is 3.90. The van der Waals surface area contributed by atoms with Gasteiger partial charge in [-0.25, -0.2) is 4.98 Å². The van der Waals surface area contributed by atoms with Gasteiger partial charge in [0.1, 0.15) is 5.82 Å². The van der Waals surface area contributed by atoms with Crippen LogP contribution in [0.2, 0.25) is 0 Å². The fourth-order valence-corrected chi connectivity index (χ4v) is 1.78. The van der Waals surface area contributed by atoms with Crippen LogP contribution in [0.4, 0.5) is 5.82 Å². The molecule has 0 fully saturated rings. The minimum atomic E-state index is 0.153. The van der Waals surface area contributed by atoms with Gasteiger partial charge >= 0.3 is 0 Å². The van der Waals surface area contributed by atoms with E-state index in [-0.39, 0.29) is 6.61 Å². The van der Waals surface area contributed by atoms with Gasteiger partial charge in [-0.15, -0.1) is 0 Å². The maximum atomic E-state index is 9.03. The van der Waals surface area contributed by atoms with Crippen LogP contribution in [0.15, 0.2) is 12.3 Å². The molecule has 0 atom stereocenters. The molecule has 4 nitrogen and oxygen atoms in total. The van der Waals surface area contributed by atoms with Crippen molar-refractivity contribution in [2.75, 3.05) is 24.6 Å². The number of nitrogens with two attached hydrogens (primary N) is 1. The number of aromatic nitrogens is 1. The molecule has 0 aliphatic heterocycles. The smallest absolute Gasteiger partial charge is 0.131 e. The third-order valence-electron chi connectivity index (χ3n) is 2.51. The van der Waals surface area contributed by atoms with E-state index in [9.17, 15) is 0 Å². The molecule has 4 heteroatoms. The Balaban J connectivity index is 2.90. The first-order valence-electron chi connectivity index (χ1n) is 5.74. The number of hydrogen-bond acceptors (Lipinski definition) is 4. The Bertz CT molecular complexity index is 322. The Labute approximate surface area is 97.1 Å². The molecule has 0 bridgehead atoms. The highest BCUT2D eigenvalue weighted by atomic mass is 16.3. The first kappa shape index (κ1) is 12.9. The van der Waals surface area contributed by atoms with Crippen LogP contribution in [0.3, 0.4) is 0 Å². The molecular weight excluding hydrogens is 202 g/mol. The van der Waals surface area contributed by atoms with Crippen molar-refractivity contribution in [1.29, 1.82) is 0 Å². The van der Waals surface area contributed by atoms with E-state index in [1.54, 1.807) is 0 Å². The number of anilines is 1. The lowest BCUT2D eigenvalue weighted by atomic mass is 10.2. The molecule has 16 heavy (non-hydrogen) atoms. The summed E-state index contributed by atoms with van der Waals surface area (Å²) in [5.74, 6) is 0.952. The van der Waals surface area contributed by atoms with Gasteiger partial charge in [0.05, 0.1) is 6.61 Å². The second-order valence-electron chi connectivity index (χ2n) is 3.90. The molecule has 0 aliphatic carbocycles. The number of pyridine rings is 1. The van der Waals surface area contributed by atoms with Crippen molar-refractivity contribution in [3.05, 3.63) is 23.4 Å². The maximum absolute atomic E-state index is 9.03. The predicted octanol–water partition coefficient (Wildman–Crippen LogP) is 1.06. The van der Waals surface area contributed by atoms with Gasteiger partial charge in [0.15, 0.2) is 0 Å². The largest absolute Gasteiger partial charge is 0.395 e. The minimum absolute atomic E-state index is 0.153. The standard InChI is InChI=1S/C12H21N3O/c1-3-4-15(5-6-16)12-10(2)7-11(8-13)9-14-12/h7,9,16H,3-6,8,13H2,1-2H3. The normalized spacial score (nSPS) is 10.5. The van der Waals surface area contributed by atoms with Crippen LogP contribution in [0.1, 0.15) is 24.5 Å². The third-order valence-corrected chi connectivity index (χ3v) is 2.51. The molecule has 0 saturated carbocycles. The van der Waals surface area contributed by atoms with Gasteiger partial charge in [-0.2, -0.15) is 0 Å². The summed E-state index contributed by atoms with van der Waals surface area (Å²) < 4.78 is 0. The van der Waals surface area contributed by atoms with Crippen LogP contribution >= 0.6 is 0 Å². The lowest BCUT2D eigenvalue weighted by Gasteiger charge is -2.24. The van der Waals surface area contributed by atoms with Crippen LogP contribution in [0.5, 0.6) is 0 Å². The zero-order chi connectivity index (χ0) is 12.0. The van der Waals surface area contributed by atoms with E-state index in [0.29, 0.717) is 13.1 Å². The molecule has 0 amide bonds.